The summed E-state index contributed by atoms with van der Waals surface area (Å²) in [6.07, 6.45) is 1.14. The maximum Gasteiger partial charge on any atom is 0.284 e. The quantitative estimate of drug-likeness (QED) is 0.881. The summed E-state index contributed by atoms with van der Waals surface area (Å²) < 4.78 is 0. The molecule has 1 aliphatic heterocycles. The normalized spacial score (nSPS) is 14.0. The van der Waals surface area contributed by atoms with Gasteiger partial charge in [0.15, 0.2) is 0 Å². The fourth-order valence-electron chi connectivity index (χ4n) is 2.14. The van der Waals surface area contributed by atoms with Gasteiger partial charge in [-0.05, 0) is 24.3 Å². The third-order valence-corrected chi connectivity index (χ3v) is 3.20. The van der Waals surface area contributed by atoms with E-state index in [-0.39, 0.29) is 5.70 Å². The second-order valence-corrected chi connectivity index (χ2v) is 4.70. The van der Waals surface area contributed by atoms with Crippen LogP contribution in [0.25, 0.3) is 0 Å². The molecule has 0 bridgehead atoms. The molecule has 108 valence electrons. The number of nitrogens with zero attached hydrogens (tertiary/aromatic N) is 1. The molecular weight excluding hydrogens is 280 g/mol. The van der Waals surface area contributed by atoms with Gasteiger partial charge < -0.3 is 5.32 Å². The average Bonchev–Trinajstić information content (AvgIpc) is 2.82. The maximum absolute atomic E-state index is 12.3. The zero-order chi connectivity index (χ0) is 15.5. The van der Waals surface area contributed by atoms with Crippen LogP contribution in [0.1, 0.15) is 10.4 Å². The molecule has 2 aromatic rings. The molecule has 1 aliphatic rings. The van der Waals surface area contributed by atoms with Crippen molar-refractivity contribution in [3.63, 3.8) is 0 Å². The van der Waals surface area contributed by atoms with Gasteiger partial charge in [-0.25, -0.2) is 4.90 Å². The molecule has 0 saturated carbocycles. The van der Waals surface area contributed by atoms with Crippen molar-refractivity contribution in [3.8, 4) is 0 Å². The summed E-state index contributed by atoms with van der Waals surface area (Å²) >= 11 is 0. The minimum Gasteiger partial charge on any atom is -0.351 e. The predicted molar refractivity (Wildman–Crippen MR) is 80.8 cm³/mol. The topological polar surface area (TPSA) is 66.5 Å². The standard InChI is InChI=1S/C17H12N2O3/c20-15-11-14(18-13-9-5-2-6-10-13)17(22)19(15)16(21)12-7-3-1-4-8-12/h1-11,18H. The molecule has 0 fully saturated rings. The van der Waals surface area contributed by atoms with Crippen molar-refractivity contribution in [1.29, 1.82) is 0 Å². The molecule has 5 heteroatoms. The third kappa shape index (κ3) is 2.52. The fraction of sp³-hybridized carbons (Fsp3) is 0. The Bertz CT molecular complexity index is 767. The Kier molecular flexibility index (Phi) is 3.53. The van der Waals surface area contributed by atoms with Crippen LogP contribution in [0, 0.1) is 0 Å². The first-order valence-corrected chi connectivity index (χ1v) is 6.68. The fourth-order valence-corrected chi connectivity index (χ4v) is 2.14. The Balaban J connectivity index is 1.81. The van der Waals surface area contributed by atoms with Crippen LogP contribution in [-0.4, -0.2) is 22.6 Å². The molecule has 0 aromatic heterocycles. The van der Waals surface area contributed by atoms with Gasteiger partial charge in [0.1, 0.15) is 5.70 Å². The highest BCUT2D eigenvalue weighted by Gasteiger charge is 2.36. The first-order valence-electron chi connectivity index (χ1n) is 6.68. The smallest absolute Gasteiger partial charge is 0.284 e. The van der Waals surface area contributed by atoms with Crippen LogP contribution >= 0.6 is 0 Å². The van der Waals surface area contributed by atoms with E-state index in [1.54, 1.807) is 54.6 Å². The zero-order valence-corrected chi connectivity index (χ0v) is 11.5. The van der Waals surface area contributed by atoms with Crippen molar-refractivity contribution in [3.05, 3.63) is 78.0 Å². The zero-order valence-electron chi connectivity index (χ0n) is 11.5. The molecule has 3 rings (SSSR count). The van der Waals surface area contributed by atoms with Crippen LogP contribution in [0.2, 0.25) is 0 Å². The van der Waals surface area contributed by atoms with Crippen LogP contribution in [0.5, 0.6) is 0 Å². The summed E-state index contributed by atoms with van der Waals surface area (Å²) in [5.74, 6) is -1.92. The van der Waals surface area contributed by atoms with Crippen LogP contribution in [0.15, 0.2) is 72.4 Å². The Hall–Kier alpha value is -3.21. The molecule has 1 heterocycles. The third-order valence-electron chi connectivity index (χ3n) is 3.20. The number of amides is 3. The van der Waals surface area contributed by atoms with Gasteiger partial charge in [-0.15, -0.1) is 0 Å². The number of benzene rings is 2. The molecule has 0 spiro atoms. The van der Waals surface area contributed by atoms with Gasteiger partial charge in [0, 0.05) is 17.3 Å². The minimum absolute atomic E-state index is 0.0838. The molecule has 3 amide bonds. The Labute approximate surface area is 126 Å². The van der Waals surface area contributed by atoms with E-state index in [9.17, 15) is 14.4 Å². The summed E-state index contributed by atoms with van der Waals surface area (Å²) in [7, 11) is 0. The number of nitrogens with one attached hydrogen (secondary N) is 1. The van der Waals surface area contributed by atoms with Crippen molar-refractivity contribution in [1.82, 2.24) is 4.90 Å². The lowest BCUT2D eigenvalue weighted by Crippen LogP contribution is -2.37. The van der Waals surface area contributed by atoms with E-state index in [0.29, 0.717) is 16.2 Å². The molecule has 0 atom stereocenters. The second-order valence-electron chi connectivity index (χ2n) is 4.70. The van der Waals surface area contributed by atoms with Gasteiger partial charge in [0.25, 0.3) is 17.7 Å². The largest absolute Gasteiger partial charge is 0.351 e. The number of anilines is 1. The Morgan fingerprint density at radius 3 is 2.09 bits per heavy atom. The molecular formula is C17H12N2O3. The summed E-state index contributed by atoms with van der Waals surface area (Å²) in [5, 5.41) is 2.85. The van der Waals surface area contributed by atoms with E-state index < -0.39 is 17.7 Å². The Morgan fingerprint density at radius 1 is 0.864 bits per heavy atom. The van der Waals surface area contributed by atoms with Crippen LogP contribution in [0.4, 0.5) is 5.69 Å². The van der Waals surface area contributed by atoms with Crippen molar-refractivity contribution in [2.75, 3.05) is 5.32 Å². The van der Waals surface area contributed by atoms with E-state index in [1.165, 1.54) is 0 Å². The van der Waals surface area contributed by atoms with E-state index in [0.717, 1.165) is 6.08 Å². The van der Waals surface area contributed by atoms with Gasteiger partial charge >= 0.3 is 0 Å². The van der Waals surface area contributed by atoms with Crippen molar-refractivity contribution < 1.29 is 14.4 Å². The second kappa shape index (κ2) is 5.65. The monoisotopic (exact) mass is 292 g/mol. The van der Waals surface area contributed by atoms with Crippen molar-refractivity contribution >= 4 is 23.4 Å². The number of imide groups is 3. The Morgan fingerprint density at radius 2 is 1.45 bits per heavy atom. The summed E-state index contributed by atoms with van der Waals surface area (Å²) in [6.45, 7) is 0. The molecule has 2 aromatic carbocycles. The lowest BCUT2D eigenvalue weighted by Gasteiger charge is -2.13. The molecule has 0 radical (unpaired) electrons. The highest BCUT2D eigenvalue weighted by molar-refractivity contribution is 6.28. The molecule has 5 nitrogen and oxygen atoms in total. The van der Waals surface area contributed by atoms with E-state index in [4.69, 9.17) is 0 Å². The minimum atomic E-state index is -0.650. The number of rotatable bonds is 3. The highest BCUT2D eigenvalue weighted by atomic mass is 16.2. The first-order chi connectivity index (χ1) is 10.7. The summed E-state index contributed by atoms with van der Waals surface area (Å²) in [4.78, 5) is 37.2. The van der Waals surface area contributed by atoms with Gasteiger partial charge in [-0.1, -0.05) is 36.4 Å². The van der Waals surface area contributed by atoms with E-state index >= 15 is 0 Å². The lowest BCUT2D eigenvalue weighted by molar-refractivity contribution is -0.133. The highest BCUT2D eigenvalue weighted by Crippen LogP contribution is 2.19. The number of carbonyl (C=O) groups excluding carboxylic acids is 3. The molecule has 0 saturated heterocycles. The van der Waals surface area contributed by atoms with Gasteiger partial charge in [-0.2, -0.15) is 0 Å². The van der Waals surface area contributed by atoms with Gasteiger partial charge in [0.05, 0.1) is 0 Å². The number of hydrogen-bond donors (Lipinski definition) is 1. The number of hydrogen-bond acceptors (Lipinski definition) is 4. The summed E-state index contributed by atoms with van der Waals surface area (Å²) in [5.41, 5.74) is 1.04. The summed E-state index contributed by atoms with van der Waals surface area (Å²) in [6, 6.07) is 17.2. The SMILES string of the molecule is O=C1C=C(Nc2ccccc2)C(=O)N1C(=O)c1ccccc1. The van der Waals surface area contributed by atoms with E-state index in [1.807, 2.05) is 6.07 Å². The average molecular weight is 292 g/mol. The van der Waals surface area contributed by atoms with Crippen LogP contribution in [0.3, 0.4) is 0 Å². The lowest BCUT2D eigenvalue weighted by atomic mass is 10.2. The first kappa shape index (κ1) is 13.8. The van der Waals surface area contributed by atoms with Crippen molar-refractivity contribution in [2.24, 2.45) is 0 Å². The van der Waals surface area contributed by atoms with Gasteiger partial charge in [0.2, 0.25) is 0 Å². The molecule has 1 N–H and O–H groups in total. The van der Waals surface area contributed by atoms with Crippen LogP contribution in [-0.2, 0) is 9.59 Å². The van der Waals surface area contributed by atoms with Crippen LogP contribution < -0.4 is 5.32 Å². The predicted octanol–water partition coefficient (Wildman–Crippen LogP) is 2.19. The number of para-hydroxylation sites is 1. The molecule has 0 unspecified atom stereocenters. The maximum atomic E-state index is 12.3. The van der Waals surface area contributed by atoms with Crippen molar-refractivity contribution in [2.45, 2.75) is 0 Å². The van der Waals surface area contributed by atoms with E-state index in [2.05, 4.69) is 5.32 Å². The number of carbonyl (C=O) groups is 3. The molecule has 0 aliphatic carbocycles. The van der Waals surface area contributed by atoms with Gasteiger partial charge in [-0.3, -0.25) is 14.4 Å². The molecule has 22 heavy (non-hydrogen) atoms.